The molecule has 0 aliphatic carbocycles. The van der Waals surface area contributed by atoms with E-state index in [-0.39, 0.29) is 5.91 Å². The average molecular weight is 313 g/mol. The minimum atomic E-state index is -0.141. The Bertz CT molecular complexity index is 576. The molecule has 0 aliphatic heterocycles. The molecule has 0 fully saturated rings. The van der Waals surface area contributed by atoms with Gasteiger partial charge < -0.3 is 0 Å². The number of nitrogens with one attached hydrogen (secondary N) is 1. The summed E-state index contributed by atoms with van der Waals surface area (Å²) in [6.45, 7) is 9.36. The van der Waals surface area contributed by atoms with E-state index in [9.17, 15) is 4.79 Å². The van der Waals surface area contributed by atoms with Gasteiger partial charge in [-0.05, 0) is 0 Å². The predicted molar refractivity (Wildman–Crippen MR) is 78.4 cm³/mol. The van der Waals surface area contributed by atoms with E-state index in [1.165, 1.54) is 0 Å². The summed E-state index contributed by atoms with van der Waals surface area (Å²) in [7, 11) is 0. The van der Waals surface area contributed by atoms with Crippen LogP contribution in [0, 0.1) is 6.92 Å². The Morgan fingerprint density at radius 2 is 2.05 bits per heavy atom. The molecule has 1 aromatic rings. The molecule has 0 radical (unpaired) electrons. The van der Waals surface area contributed by atoms with E-state index in [2.05, 4.69) is 28.9 Å². The van der Waals surface area contributed by atoms with Gasteiger partial charge in [-0.15, -0.1) is 0 Å². The first-order valence-corrected chi connectivity index (χ1v) is 6.88. The molecule has 1 N–H and O–H groups in total. The summed E-state index contributed by atoms with van der Waals surface area (Å²) < 4.78 is 0.896. The van der Waals surface area contributed by atoms with Crippen molar-refractivity contribution in [3.63, 3.8) is 0 Å². The Morgan fingerprint density at radius 3 is 2.53 bits per heavy atom. The van der Waals surface area contributed by atoms with Gasteiger partial charge in [-0.25, -0.2) is 0 Å². The van der Waals surface area contributed by atoms with Crippen LogP contribution in [0.3, 0.4) is 0 Å². The van der Waals surface area contributed by atoms with Crippen molar-refractivity contribution < 1.29 is 21.8 Å². The number of allylic oxidation sites excluding steroid dienone is 2. The van der Waals surface area contributed by atoms with Crippen LogP contribution in [0.15, 0.2) is 42.0 Å². The van der Waals surface area contributed by atoms with Gasteiger partial charge in [-0.3, -0.25) is 0 Å². The number of carbonyl (C=O) groups excluding carboxylic acids is 1. The molecule has 0 aliphatic rings. The molecule has 0 unspecified atom stereocenters. The van der Waals surface area contributed by atoms with Crippen LogP contribution >= 0.6 is 11.6 Å². The Morgan fingerprint density at radius 1 is 1.42 bits per heavy atom. The van der Waals surface area contributed by atoms with Crippen molar-refractivity contribution in [1.82, 2.24) is 0 Å². The average Bonchev–Trinajstić information content (AvgIpc) is 2.33. The van der Waals surface area contributed by atoms with Crippen LogP contribution in [0.25, 0.3) is 0 Å². The second-order valence-corrected chi connectivity index (χ2v) is 5.72. The molecule has 19 heavy (non-hydrogen) atoms. The van der Waals surface area contributed by atoms with Gasteiger partial charge in [0.2, 0.25) is 0 Å². The molecule has 0 heterocycles. The summed E-state index contributed by atoms with van der Waals surface area (Å²) in [5, 5.41) is 3.56. The molecular weight excluding hydrogens is 297 g/mol. The van der Waals surface area contributed by atoms with Gasteiger partial charge in [0.25, 0.3) is 0 Å². The first-order valence-electron chi connectivity index (χ1n) is 5.80. The number of rotatable bonds is 4. The fourth-order valence-electron chi connectivity index (χ4n) is 1.65. The van der Waals surface area contributed by atoms with E-state index in [4.69, 9.17) is 11.6 Å². The van der Waals surface area contributed by atoms with Crippen LogP contribution in [0.5, 0.6) is 0 Å². The maximum absolute atomic E-state index is 12.3. The number of amides is 1. The molecule has 4 heteroatoms. The first-order chi connectivity index (χ1) is 8.86. The summed E-state index contributed by atoms with van der Waals surface area (Å²) in [6.07, 6.45) is 1.68. The van der Waals surface area contributed by atoms with E-state index in [1.807, 2.05) is 26.8 Å². The molecule has 99 valence electrons. The van der Waals surface area contributed by atoms with Gasteiger partial charge in [-0.1, -0.05) is 0 Å². The van der Waals surface area contributed by atoms with Crippen molar-refractivity contribution in [3.05, 3.63) is 52.6 Å². The van der Waals surface area contributed by atoms with E-state index in [0.29, 0.717) is 10.6 Å². The van der Waals surface area contributed by atoms with Gasteiger partial charge in [0.1, 0.15) is 0 Å². The standard InChI is InChI=1S/C15H16ClNO.V/c1-5-10(3)13(6-2)15(18)17-12-7-8-14(16)11(4)9-12;/h5,7-9H,1H2,2-4H3,(H,17,18);. The molecular formula is C15H16ClNOV. The van der Waals surface area contributed by atoms with Gasteiger partial charge in [0, 0.05) is 0 Å². The monoisotopic (exact) mass is 312 g/mol. The molecule has 0 saturated carbocycles. The van der Waals surface area contributed by atoms with Gasteiger partial charge >= 0.3 is 128 Å². The van der Waals surface area contributed by atoms with Crippen LogP contribution in [0.4, 0.5) is 5.69 Å². The van der Waals surface area contributed by atoms with E-state index in [0.717, 1.165) is 21.1 Å². The van der Waals surface area contributed by atoms with Crippen LogP contribution in [0.1, 0.15) is 19.4 Å². The Balaban J connectivity index is 3.04. The second-order valence-electron chi connectivity index (χ2n) is 4.27. The third-order valence-electron chi connectivity index (χ3n) is 2.71. The van der Waals surface area contributed by atoms with E-state index in [1.54, 1.807) is 18.2 Å². The molecule has 1 amide bonds. The Kier molecular flexibility index (Phi) is 5.80. The van der Waals surface area contributed by atoms with Crippen LogP contribution in [-0.2, 0) is 21.8 Å². The van der Waals surface area contributed by atoms with Gasteiger partial charge in [0.05, 0.1) is 0 Å². The second kappa shape index (κ2) is 6.90. The number of hydrogen-bond acceptors (Lipinski definition) is 1. The summed E-state index contributed by atoms with van der Waals surface area (Å²) in [5.74, 6) is -0.141. The SMILES string of the molecule is C=CC(C)=C(C(=O)Nc1ccc(Cl)c(C)c1)[C](C)=[V]. The zero-order valence-corrected chi connectivity index (χ0v) is 13.4. The third-order valence-corrected chi connectivity index (χ3v) is 3.48. The Hall–Kier alpha value is -1.09. The summed E-state index contributed by atoms with van der Waals surface area (Å²) in [5.41, 5.74) is 3.15. The summed E-state index contributed by atoms with van der Waals surface area (Å²) in [6, 6.07) is 5.41. The number of hydrogen-bond donors (Lipinski definition) is 1. The van der Waals surface area contributed by atoms with Crippen LogP contribution < -0.4 is 5.32 Å². The maximum atomic E-state index is 12.3. The van der Waals surface area contributed by atoms with Crippen molar-refractivity contribution in [2.24, 2.45) is 0 Å². The summed E-state index contributed by atoms with van der Waals surface area (Å²) >= 11 is 8.35. The molecule has 1 aromatic carbocycles. The quantitative estimate of drug-likeness (QED) is 0.664. The van der Waals surface area contributed by atoms with Crippen molar-refractivity contribution >= 4 is 27.4 Å². The number of aryl methyl sites for hydroxylation is 1. The number of carbonyl (C=O) groups is 1. The van der Waals surface area contributed by atoms with Crippen molar-refractivity contribution in [3.8, 4) is 0 Å². The molecule has 0 bridgehead atoms. The molecule has 2 nitrogen and oxygen atoms in total. The number of anilines is 1. The number of benzene rings is 1. The first kappa shape index (κ1) is 16.0. The Labute approximate surface area is 128 Å². The third kappa shape index (κ3) is 4.20. The molecule has 0 atom stereocenters. The fourth-order valence-corrected chi connectivity index (χ4v) is 2.20. The normalized spacial score (nSPS) is 11.5. The van der Waals surface area contributed by atoms with E-state index < -0.39 is 0 Å². The van der Waals surface area contributed by atoms with Crippen molar-refractivity contribution in [2.45, 2.75) is 20.8 Å². The predicted octanol–water partition coefficient (Wildman–Crippen LogP) is 3.83. The topological polar surface area (TPSA) is 29.1 Å². The van der Waals surface area contributed by atoms with Crippen LogP contribution in [0.2, 0.25) is 5.02 Å². The fraction of sp³-hybridized carbons (Fsp3) is 0.200. The van der Waals surface area contributed by atoms with Gasteiger partial charge in [-0.2, -0.15) is 0 Å². The minimum absolute atomic E-state index is 0.141. The van der Waals surface area contributed by atoms with Crippen molar-refractivity contribution in [1.29, 1.82) is 0 Å². The van der Waals surface area contributed by atoms with Crippen LogP contribution in [-0.4, -0.2) is 10.1 Å². The van der Waals surface area contributed by atoms with Crippen molar-refractivity contribution in [2.75, 3.05) is 5.32 Å². The molecule has 1 rings (SSSR count). The molecule has 0 spiro atoms. The molecule has 0 saturated heterocycles. The molecule has 0 aromatic heterocycles. The summed E-state index contributed by atoms with van der Waals surface area (Å²) in [4.78, 5) is 12.3. The number of halogens is 1. The zero-order valence-electron chi connectivity index (χ0n) is 11.2. The van der Waals surface area contributed by atoms with E-state index >= 15 is 0 Å². The zero-order chi connectivity index (χ0) is 14.6. The van der Waals surface area contributed by atoms with Gasteiger partial charge in [0.15, 0.2) is 0 Å².